The molecule has 0 bridgehead atoms. The second kappa shape index (κ2) is 4.50. The van der Waals surface area contributed by atoms with Gasteiger partial charge in [-0.25, -0.2) is 4.79 Å². The predicted octanol–water partition coefficient (Wildman–Crippen LogP) is 2.10. The van der Waals surface area contributed by atoms with E-state index in [4.69, 9.17) is 0 Å². The van der Waals surface area contributed by atoms with E-state index in [1.807, 2.05) is 37.3 Å². The van der Waals surface area contributed by atoms with Crippen molar-refractivity contribution in [3.8, 4) is 0 Å². The molecule has 0 spiro atoms. The Hall–Kier alpha value is -1.51. The smallest absolute Gasteiger partial charge is 0.407 e. The quantitative estimate of drug-likeness (QED) is 0.755. The molecule has 1 aromatic carbocycles. The van der Waals surface area contributed by atoms with Crippen molar-refractivity contribution in [3.63, 3.8) is 0 Å². The minimum absolute atomic E-state index is 0.0198. The SMILES string of the molecule is COC(=O)N[C@@H](C)c1ccccc1. The number of alkyl carbamates (subject to hydrolysis) is 1. The first-order valence-electron chi connectivity index (χ1n) is 4.13. The maximum atomic E-state index is 10.9. The van der Waals surface area contributed by atoms with Gasteiger partial charge in [-0.05, 0) is 12.5 Å². The summed E-state index contributed by atoms with van der Waals surface area (Å²) in [7, 11) is 1.35. The Morgan fingerprint density at radius 3 is 2.54 bits per heavy atom. The van der Waals surface area contributed by atoms with E-state index in [0.29, 0.717) is 0 Å². The molecule has 1 atom stereocenters. The van der Waals surface area contributed by atoms with Gasteiger partial charge < -0.3 is 10.1 Å². The van der Waals surface area contributed by atoms with Crippen molar-refractivity contribution in [2.24, 2.45) is 0 Å². The number of carbonyl (C=O) groups is 1. The fraction of sp³-hybridized carbons (Fsp3) is 0.300. The molecule has 0 saturated heterocycles. The monoisotopic (exact) mass is 179 g/mol. The Labute approximate surface area is 77.7 Å². The fourth-order valence-corrected chi connectivity index (χ4v) is 1.06. The van der Waals surface area contributed by atoms with Crippen LogP contribution in [0.1, 0.15) is 18.5 Å². The Morgan fingerprint density at radius 2 is 2.00 bits per heavy atom. The molecule has 1 N–H and O–H groups in total. The molecular weight excluding hydrogens is 166 g/mol. The zero-order chi connectivity index (χ0) is 9.68. The molecule has 13 heavy (non-hydrogen) atoms. The molecule has 0 saturated carbocycles. The normalized spacial score (nSPS) is 11.8. The number of ether oxygens (including phenoxy) is 1. The lowest BCUT2D eigenvalue weighted by atomic mass is 10.1. The lowest BCUT2D eigenvalue weighted by Gasteiger charge is -2.12. The molecule has 1 amide bonds. The summed E-state index contributed by atoms with van der Waals surface area (Å²) in [6, 6.07) is 9.71. The van der Waals surface area contributed by atoms with E-state index in [0.717, 1.165) is 5.56 Å². The van der Waals surface area contributed by atoms with Gasteiger partial charge in [0.15, 0.2) is 0 Å². The largest absolute Gasteiger partial charge is 0.453 e. The highest BCUT2D eigenvalue weighted by Gasteiger charge is 2.07. The highest BCUT2D eigenvalue weighted by atomic mass is 16.5. The van der Waals surface area contributed by atoms with Gasteiger partial charge in [-0.3, -0.25) is 0 Å². The molecule has 0 aromatic heterocycles. The number of amides is 1. The summed E-state index contributed by atoms with van der Waals surface area (Å²) in [5, 5.41) is 2.68. The van der Waals surface area contributed by atoms with E-state index in [9.17, 15) is 4.79 Å². The molecule has 1 rings (SSSR count). The zero-order valence-electron chi connectivity index (χ0n) is 7.78. The number of carbonyl (C=O) groups excluding carboxylic acids is 1. The summed E-state index contributed by atoms with van der Waals surface area (Å²) < 4.78 is 4.49. The van der Waals surface area contributed by atoms with Crippen LogP contribution in [0.15, 0.2) is 30.3 Å². The van der Waals surface area contributed by atoms with Crippen molar-refractivity contribution in [2.75, 3.05) is 7.11 Å². The van der Waals surface area contributed by atoms with Crippen molar-refractivity contribution in [1.29, 1.82) is 0 Å². The van der Waals surface area contributed by atoms with Crippen LogP contribution in [0.5, 0.6) is 0 Å². The summed E-state index contributed by atoms with van der Waals surface area (Å²) in [4.78, 5) is 10.9. The molecule has 0 fully saturated rings. The van der Waals surface area contributed by atoms with Gasteiger partial charge in [-0.15, -0.1) is 0 Å². The van der Waals surface area contributed by atoms with Crippen molar-refractivity contribution >= 4 is 6.09 Å². The molecule has 0 heterocycles. The van der Waals surface area contributed by atoms with Gasteiger partial charge in [0.2, 0.25) is 0 Å². The van der Waals surface area contributed by atoms with Crippen LogP contribution in [0.25, 0.3) is 0 Å². The first kappa shape index (κ1) is 9.58. The van der Waals surface area contributed by atoms with Crippen LogP contribution in [0.4, 0.5) is 4.79 Å². The lowest BCUT2D eigenvalue weighted by Crippen LogP contribution is -2.26. The van der Waals surface area contributed by atoms with Crippen LogP contribution in [0.2, 0.25) is 0 Å². The first-order valence-corrected chi connectivity index (χ1v) is 4.13. The summed E-state index contributed by atoms with van der Waals surface area (Å²) in [6.07, 6.45) is -0.406. The van der Waals surface area contributed by atoms with E-state index >= 15 is 0 Å². The molecule has 1 aromatic rings. The van der Waals surface area contributed by atoms with E-state index in [1.165, 1.54) is 7.11 Å². The van der Waals surface area contributed by atoms with Crippen molar-refractivity contribution < 1.29 is 9.53 Å². The predicted molar refractivity (Wildman–Crippen MR) is 50.4 cm³/mol. The van der Waals surface area contributed by atoms with Crippen LogP contribution in [-0.4, -0.2) is 13.2 Å². The van der Waals surface area contributed by atoms with Crippen LogP contribution in [-0.2, 0) is 4.74 Å². The minimum Gasteiger partial charge on any atom is -0.453 e. The molecule has 0 aliphatic rings. The Kier molecular flexibility index (Phi) is 3.31. The average molecular weight is 179 g/mol. The van der Waals surface area contributed by atoms with Crippen LogP contribution in [0.3, 0.4) is 0 Å². The average Bonchev–Trinajstić information content (AvgIpc) is 2.19. The molecular formula is C10H13NO2. The van der Waals surface area contributed by atoms with Gasteiger partial charge in [0.1, 0.15) is 0 Å². The number of benzene rings is 1. The topological polar surface area (TPSA) is 38.3 Å². The Bertz CT molecular complexity index is 272. The third-order valence-corrected chi connectivity index (χ3v) is 1.82. The summed E-state index contributed by atoms with van der Waals surface area (Å²) in [6.45, 7) is 1.91. The maximum Gasteiger partial charge on any atom is 0.407 e. The van der Waals surface area contributed by atoms with Gasteiger partial charge in [-0.2, -0.15) is 0 Å². The minimum atomic E-state index is -0.406. The molecule has 0 unspecified atom stereocenters. The fourth-order valence-electron chi connectivity index (χ4n) is 1.06. The molecule has 3 nitrogen and oxygen atoms in total. The second-order valence-electron chi connectivity index (χ2n) is 2.77. The highest BCUT2D eigenvalue weighted by molar-refractivity contribution is 5.67. The third kappa shape index (κ3) is 2.78. The summed E-state index contributed by atoms with van der Waals surface area (Å²) >= 11 is 0. The van der Waals surface area contributed by atoms with Crippen molar-refractivity contribution in [1.82, 2.24) is 5.32 Å². The van der Waals surface area contributed by atoms with Crippen LogP contribution < -0.4 is 5.32 Å². The first-order chi connectivity index (χ1) is 6.24. The number of nitrogens with one attached hydrogen (secondary N) is 1. The second-order valence-corrected chi connectivity index (χ2v) is 2.77. The molecule has 0 aliphatic carbocycles. The zero-order valence-corrected chi connectivity index (χ0v) is 7.78. The molecule has 0 radical (unpaired) electrons. The van der Waals surface area contributed by atoms with Gasteiger partial charge in [0.05, 0.1) is 13.2 Å². The van der Waals surface area contributed by atoms with Crippen LogP contribution >= 0.6 is 0 Å². The molecule has 3 heteroatoms. The number of rotatable bonds is 2. The van der Waals surface area contributed by atoms with E-state index in [2.05, 4.69) is 10.1 Å². The Morgan fingerprint density at radius 1 is 1.38 bits per heavy atom. The van der Waals surface area contributed by atoms with Crippen molar-refractivity contribution in [2.45, 2.75) is 13.0 Å². The number of hydrogen-bond donors (Lipinski definition) is 1. The molecule has 0 aliphatic heterocycles. The summed E-state index contributed by atoms with van der Waals surface area (Å²) in [5.41, 5.74) is 1.06. The van der Waals surface area contributed by atoms with E-state index in [1.54, 1.807) is 0 Å². The standard InChI is InChI=1S/C10H13NO2/c1-8(11-10(12)13-2)9-6-4-3-5-7-9/h3-8H,1-2H3,(H,11,12)/t8-/m0/s1. The van der Waals surface area contributed by atoms with Gasteiger partial charge in [-0.1, -0.05) is 30.3 Å². The van der Waals surface area contributed by atoms with Gasteiger partial charge in [0, 0.05) is 0 Å². The van der Waals surface area contributed by atoms with E-state index in [-0.39, 0.29) is 6.04 Å². The van der Waals surface area contributed by atoms with E-state index < -0.39 is 6.09 Å². The maximum absolute atomic E-state index is 10.9. The highest BCUT2D eigenvalue weighted by Crippen LogP contribution is 2.10. The Balaban J connectivity index is 2.59. The summed E-state index contributed by atoms with van der Waals surface area (Å²) in [5.74, 6) is 0. The van der Waals surface area contributed by atoms with Crippen LogP contribution in [0, 0.1) is 0 Å². The van der Waals surface area contributed by atoms with Gasteiger partial charge in [0.25, 0.3) is 0 Å². The van der Waals surface area contributed by atoms with Gasteiger partial charge >= 0.3 is 6.09 Å². The number of methoxy groups -OCH3 is 1. The lowest BCUT2D eigenvalue weighted by molar-refractivity contribution is 0.167. The van der Waals surface area contributed by atoms with Crippen molar-refractivity contribution in [3.05, 3.63) is 35.9 Å². The third-order valence-electron chi connectivity index (χ3n) is 1.82. The molecule has 70 valence electrons. The number of hydrogen-bond acceptors (Lipinski definition) is 2.